The van der Waals surface area contributed by atoms with Gasteiger partial charge in [0.2, 0.25) is 0 Å². The van der Waals surface area contributed by atoms with Crippen molar-refractivity contribution < 1.29 is 0 Å². The summed E-state index contributed by atoms with van der Waals surface area (Å²) in [5.74, 6) is 1.41. The van der Waals surface area contributed by atoms with E-state index in [2.05, 4.69) is 40.1 Å². The van der Waals surface area contributed by atoms with Crippen LogP contribution in [0.2, 0.25) is 0 Å². The van der Waals surface area contributed by atoms with E-state index in [-0.39, 0.29) is 0 Å². The molecule has 0 aliphatic rings. The maximum absolute atomic E-state index is 5.79. The summed E-state index contributed by atoms with van der Waals surface area (Å²) in [5, 5.41) is 3.23. The van der Waals surface area contributed by atoms with Gasteiger partial charge in [-0.2, -0.15) is 0 Å². The molecule has 0 spiro atoms. The van der Waals surface area contributed by atoms with E-state index in [0.29, 0.717) is 11.6 Å². The molecular formula is C10H16BrN3. The maximum Gasteiger partial charge on any atom is 0.149 e. The Morgan fingerprint density at radius 1 is 1.64 bits per heavy atom. The van der Waals surface area contributed by atoms with Crippen LogP contribution in [0.1, 0.15) is 20.3 Å². The van der Waals surface area contributed by atoms with Gasteiger partial charge in [-0.3, -0.25) is 0 Å². The molecule has 0 fully saturated rings. The molecule has 1 aromatic heterocycles. The number of nitrogens with two attached hydrogens (primary N) is 1. The fourth-order valence-corrected chi connectivity index (χ4v) is 1.37. The van der Waals surface area contributed by atoms with Gasteiger partial charge in [-0.1, -0.05) is 20.3 Å². The molecule has 1 atom stereocenters. The fraction of sp³-hybridized carbons (Fsp3) is 0.500. The van der Waals surface area contributed by atoms with Gasteiger partial charge in [0.25, 0.3) is 0 Å². The zero-order valence-corrected chi connectivity index (χ0v) is 10.1. The lowest BCUT2D eigenvalue weighted by molar-refractivity contribution is 0.592. The Morgan fingerprint density at radius 2 is 2.36 bits per heavy atom. The van der Waals surface area contributed by atoms with Gasteiger partial charge >= 0.3 is 0 Å². The molecule has 0 saturated heterocycles. The second kappa shape index (κ2) is 5.20. The van der Waals surface area contributed by atoms with Crippen LogP contribution in [0, 0.1) is 5.92 Å². The summed E-state index contributed by atoms with van der Waals surface area (Å²) in [7, 11) is 0. The zero-order valence-electron chi connectivity index (χ0n) is 8.55. The van der Waals surface area contributed by atoms with Crippen molar-refractivity contribution in [3.63, 3.8) is 0 Å². The van der Waals surface area contributed by atoms with E-state index in [9.17, 15) is 0 Å². The number of nitrogens with one attached hydrogen (secondary N) is 1. The Hall–Kier alpha value is -0.770. The minimum absolute atomic E-state index is 0.639. The van der Waals surface area contributed by atoms with Gasteiger partial charge in [-0.15, -0.1) is 0 Å². The van der Waals surface area contributed by atoms with Gasteiger partial charge in [-0.25, -0.2) is 4.98 Å². The average molecular weight is 258 g/mol. The van der Waals surface area contributed by atoms with Crippen LogP contribution in [0.4, 0.5) is 11.5 Å². The highest BCUT2D eigenvalue weighted by atomic mass is 79.9. The number of hydrogen-bond donors (Lipinski definition) is 2. The molecule has 3 N–H and O–H groups in total. The molecular weight excluding hydrogens is 242 g/mol. The SMILES string of the molecule is CCC(C)CNc1ncc(Br)cc1N. The van der Waals surface area contributed by atoms with Crippen molar-refractivity contribution in [1.82, 2.24) is 4.98 Å². The first-order valence-corrected chi connectivity index (χ1v) is 5.57. The van der Waals surface area contributed by atoms with Crippen molar-refractivity contribution in [2.24, 2.45) is 5.92 Å². The van der Waals surface area contributed by atoms with Crippen molar-refractivity contribution in [2.45, 2.75) is 20.3 Å². The van der Waals surface area contributed by atoms with Crippen LogP contribution >= 0.6 is 15.9 Å². The van der Waals surface area contributed by atoms with E-state index in [4.69, 9.17) is 5.73 Å². The quantitative estimate of drug-likeness (QED) is 0.873. The number of hydrogen-bond acceptors (Lipinski definition) is 3. The van der Waals surface area contributed by atoms with Crippen LogP contribution in [0.15, 0.2) is 16.7 Å². The highest BCUT2D eigenvalue weighted by Gasteiger charge is 2.03. The molecule has 1 aromatic rings. The van der Waals surface area contributed by atoms with Gasteiger partial charge in [0.1, 0.15) is 5.82 Å². The van der Waals surface area contributed by atoms with Crippen molar-refractivity contribution in [3.8, 4) is 0 Å². The van der Waals surface area contributed by atoms with E-state index in [1.54, 1.807) is 6.20 Å². The predicted molar refractivity (Wildman–Crippen MR) is 64.3 cm³/mol. The average Bonchev–Trinajstić information content (AvgIpc) is 2.16. The number of halogens is 1. The van der Waals surface area contributed by atoms with Crippen LogP contribution in [0.3, 0.4) is 0 Å². The summed E-state index contributed by atoms with van der Waals surface area (Å²) in [5.41, 5.74) is 6.48. The Bertz CT molecular complexity index is 301. The largest absolute Gasteiger partial charge is 0.396 e. The Balaban J connectivity index is 2.59. The first-order chi connectivity index (χ1) is 6.63. The molecule has 0 bridgehead atoms. The summed E-state index contributed by atoms with van der Waals surface area (Å²) in [6.45, 7) is 5.28. The third-order valence-electron chi connectivity index (χ3n) is 2.20. The molecule has 0 aliphatic carbocycles. The molecule has 14 heavy (non-hydrogen) atoms. The first-order valence-electron chi connectivity index (χ1n) is 4.78. The second-order valence-electron chi connectivity index (χ2n) is 3.49. The van der Waals surface area contributed by atoms with Gasteiger partial charge in [0, 0.05) is 17.2 Å². The first kappa shape index (κ1) is 11.3. The molecule has 1 rings (SSSR count). The Kier molecular flexibility index (Phi) is 4.20. The van der Waals surface area contributed by atoms with Crippen LogP contribution in [-0.4, -0.2) is 11.5 Å². The molecule has 0 radical (unpaired) electrons. The second-order valence-corrected chi connectivity index (χ2v) is 4.40. The highest BCUT2D eigenvalue weighted by molar-refractivity contribution is 9.10. The van der Waals surface area contributed by atoms with Gasteiger partial charge in [0.15, 0.2) is 0 Å². The number of aromatic nitrogens is 1. The summed E-state index contributed by atoms with van der Waals surface area (Å²) < 4.78 is 0.907. The van der Waals surface area contributed by atoms with Crippen molar-refractivity contribution >= 4 is 27.4 Å². The Morgan fingerprint density at radius 3 is 2.93 bits per heavy atom. The van der Waals surface area contributed by atoms with E-state index in [1.165, 1.54) is 0 Å². The molecule has 1 unspecified atom stereocenters. The van der Waals surface area contributed by atoms with Crippen molar-refractivity contribution in [3.05, 3.63) is 16.7 Å². The summed E-state index contributed by atoms with van der Waals surface area (Å²) in [4.78, 5) is 4.20. The van der Waals surface area contributed by atoms with E-state index < -0.39 is 0 Å². The van der Waals surface area contributed by atoms with Crippen molar-refractivity contribution in [2.75, 3.05) is 17.6 Å². The summed E-state index contributed by atoms with van der Waals surface area (Å²) in [6.07, 6.45) is 2.90. The van der Waals surface area contributed by atoms with Crippen LogP contribution in [0.25, 0.3) is 0 Å². The van der Waals surface area contributed by atoms with E-state index in [0.717, 1.165) is 23.3 Å². The topological polar surface area (TPSA) is 50.9 Å². The number of anilines is 2. The smallest absolute Gasteiger partial charge is 0.149 e. The standard InChI is InChI=1S/C10H16BrN3/c1-3-7(2)5-13-10-9(12)4-8(11)6-14-10/h4,6-7H,3,5,12H2,1-2H3,(H,13,14). The minimum Gasteiger partial charge on any atom is -0.396 e. The van der Waals surface area contributed by atoms with Crippen LogP contribution in [0.5, 0.6) is 0 Å². The third kappa shape index (κ3) is 3.18. The van der Waals surface area contributed by atoms with Crippen molar-refractivity contribution in [1.29, 1.82) is 0 Å². The molecule has 0 aliphatic heterocycles. The number of rotatable bonds is 4. The third-order valence-corrected chi connectivity index (χ3v) is 2.63. The molecule has 1 heterocycles. The molecule has 0 amide bonds. The minimum atomic E-state index is 0.639. The molecule has 0 aromatic carbocycles. The molecule has 0 saturated carbocycles. The monoisotopic (exact) mass is 257 g/mol. The lowest BCUT2D eigenvalue weighted by Crippen LogP contribution is -2.12. The van der Waals surface area contributed by atoms with Gasteiger partial charge in [0.05, 0.1) is 5.69 Å². The maximum atomic E-state index is 5.79. The number of pyridine rings is 1. The zero-order chi connectivity index (χ0) is 10.6. The fourth-order valence-electron chi connectivity index (χ4n) is 1.02. The highest BCUT2D eigenvalue weighted by Crippen LogP contribution is 2.20. The number of nitrogen functional groups attached to an aromatic ring is 1. The summed E-state index contributed by atoms with van der Waals surface area (Å²) >= 11 is 3.32. The van der Waals surface area contributed by atoms with E-state index >= 15 is 0 Å². The lowest BCUT2D eigenvalue weighted by atomic mass is 10.1. The molecule has 4 heteroatoms. The predicted octanol–water partition coefficient (Wildman–Crippen LogP) is 2.88. The van der Waals surface area contributed by atoms with Crippen LogP contribution in [-0.2, 0) is 0 Å². The van der Waals surface area contributed by atoms with E-state index in [1.807, 2.05) is 6.07 Å². The van der Waals surface area contributed by atoms with Gasteiger partial charge < -0.3 is 11.1 Å². The summed E-state index contributed by atoms with van der Waals surface area (Å²) in [6, 6.07) is 1.85. The normalized spacial score (nSPS) is 12.5. The van der Waals surface area contributed by atoms with Crippen LogP contribution < -0.4 is 11.1 Å². The molecule has 78 valence electrons. The number of nitrogens with zero attached hydrogens (tertiary/aromatic N) is 1. The lowest BCUT2D eigenvalue weighted by Gasteiger charge is -2.12. The molecule has 3 nitrogen and oxygen atoms in total. The Labute approximate surface area is 93.2 Å². The van der Waals surface area contributed by atoms with Gasteiger partial charge in [-0.05, 0) is 27.9 Å².